The quantitative estimate of drug-likeness (QED) is 0.793. The van der Waals surface area contributed by atoms with Crippen molar-refractivity contribution in [2.24, 2.45) is 0 Å². The molecule has 0 amide bonds. The van der Waals surface area contributed by atoms with Gasteiger partial charge in [-0.25, -0.2) is 9.50 Å². The molecule has 0 bridgehead atoms. The van der Waals surface area contributed by atoms with Gasteiger partial charge in [-0.3, -0.25) is 4.79 Å². The number of hydrogen-bond donors (Lipinski definition) is 1. The molecular formula is C10H11N3O2. The number of carbonyl (C=O) groups is 1. The van der Waals surface area contributed by atoms with Crippen molar-refractivity contribution in [3.63, 3.8) is 0 Å². The van der Waals surface area contributed by atoms with E-state index in [1.165, 1.54) is 0 Å². The van der Waals surface area contributed by atoms with Gasteiger partial charge in [0, 0.05) is 23.5 Å². The molecular weight excluding hydrogens is 194 g/mol. The Labute approximate surface area is 86.4 Å². The molecule has 0 aliphatic heterocycles. The monoisotopic (exact) mass is 205 g/mol. The zero-order valence-corrected chi connectivity index (χ0v) is 8.56. The lowest BCUT2D eigenvalue weighted by molar-refractivity contribution is -0.136. The molecule has 0 radical (unpaired) electrons. The highest BCUT2D eigenvalue weighted by Gasteiger charge is 2.08. The molecule has 0 saturated carbocycles. The van der Waals surface area contributed by atoms with Gasteiger partial charge in [-0.2, -0.15) is 5.10 Å². The molecule has 0 unspecified atom stereocenters. The molecule has 2 aromatic rings. The highest BCUT2D eigenvalue weighted by molar-refractivity contribution is 5.70. The SMILES string of the molecule is Cc1cc2nc(C)c(CC(=O)O)cn2n1. The van der Waals surface area contributed by atoms with Crippen molar-refractivity contribution in [2.75, 3.05) is 0 Å². The van der Waals surface area contributed by atoms with Crippen molar-refractivity contribution >= 4 is 11.6 Å². The van der Waals surface area contributed by atoms with Gasteiger partial charge in [0.15, 0.2) is 5.65 Å². The molecule has 2 heterocycles. The first-order valence-corrected chi connectivity index (χ1v) is 4.60. The highest BCUT2D eigenvalue weighted by atomic mass is 16.4. The van der Waals surface area contributed by atoms with Crippen LogP contribution < -0.4 is 0 Å². The largest absolute Gasteiger partial charge is 0.481 e. The number of fused-ring (bicyclic) bond motifs is 1. The summed E-state index contributed by atoms with van der Waals surface area (Å²) in [7, 11) is 0. The molecule has 2 aromatic heterocycles. The van der Waals surface area contributed by atoms with Crippen molar-refractivity contribution in [1.82, 2.24) is 14.6 Å². The average Bonchev–Trinajstić information content (AvgIpc) is 2.44. The Bertz CT molecular complexity index is 531. The summed E-state index contributed by atoms with van der Waals surface area (Å²) in [4.78, 5) is 14.9. The summed E-state index contributed by atoms with van der Waals surface area (Å²) in [6, 6.07) is 1.86. The molecule has 0 fully saturated rings. The summed E-state index contributed by atoms with van der Waals surface area (Å²) < 4.78 is 1.61. The van der Waals surface area contributed by atoms with Crippen LogP contribution >= 0.6 is 0 Å². The van der Waals surface area contributed by atoms with E-state index in [1.54, 1.807) is 17.6 Å². The van der Waals surface area contributed by atoms with Gasteiger partial charge in [0.1, 0.15) is 0 Å². The maximum absolute atomic E-state index is 10.6. The van der Waals surface area contributed by atoms with Crippen molar-refractivity contribution in [3.05, 3.63) is 29.2 Å². The van der Waals surface area contributed by atoms with E-state index in [2.05, 4.69) is 10.1 Å². The van der Waals surface area contributed by atoms with Gasteiger partial charge < -0.3 is 5.11 Å². The summed E-state index contributed by atoms with van der Waals surface area (Å²) in [6.45, 7) is 3.68. The number of hydrogen-bond acceptors (Lipinski definition) is 3. The molecule has 0 spiro atoms. The van der Waals surface area contributed by atoms with Crippen LogP contribution in [0.3, 0.4) is 0 Å². The minimum absolute atomic E-state index is 0.0202. The summed E-state index contributed by atoms with van der Waals surface area (Å²) in [5, 5.41) is 12.9. The van der Waals surface area contributed by atoms with Crippen molar-refractivity contribution in [2.45, 2.75) is 20.3 Å². The zero-order valence-electron chi connectivity index (χ0n) is 8.56. The summed E-state index contributed by atoms with van der Waals surface area (Å²) in [5.41, 5.74) is 3.05. The zero-order chi connectivity index (χ0) is 11.0. The predicted octanol–water partition coefficient (Wildman–Crippen LogP) is 0.973. The lowest BCUT2D eigenvalue weighted by Gasteiger charge is -2.02. The molecule has 78 valence electrons. The first-order valence-electron chi connectivity index (χ1n) is 4.60. The smallest absolute Gasteiger partial charge is 0.307 e. The van der Waals surface area contributed by atoms with Crippen molar-refractivity contribution in [3.8, 4) is 0 Å². The van der Waals surface area contributed by atoms with Crippen LogP contribution in [0.2, 0.25) is 0 Å². The molecule has 15 heavy (non-hydrogen) atoms. The van der Waals surface area contributed by atoms with Gasteiger partial charge in [-0.15, -0.1) is 0 Å². The van der Waals surface area contributed by atoms with E-state index in [-0.39, 0.29) is 6.42 Å². The Kier molecular flexibility index (Phi) is 2.15. The van der Waals surface area contributed by atoms with Gasteiger partial charge >= 0.3 is 5.97 Å². The molecule has 0 atom stereocenters. The van der Waals surface area contributed by atoms with E-state index >= 15 is 0 Å². The summed E-state index contributed by atoms with van der Waals surface area (Å²) in [6.07, 6.45) is 1.70. The number of aromatic nitrogens is 3. The first-order chi connectivity index (χ1) is 7.06. The predicted molar refractivity (Wildman–Crippen MR) is 53.8 cm³/mol. The molecule has 2 rings (SSSR count). The van der Waals surface area contributed by atoms with Gasteiger partial charge in [-0.05, 0) is 13.8 Å². The second kappa shape index (κ2) is 3.34. The van der Waals surface area contributed by atoms with E-state index in [1.807, 2.05) is 13.0 Å². The molecule has 5 nitrogen and oxygen atoms in total. The Morgan fingerprint density at radius 2 is 2.27 bits per heavy atom. The summed E-state index contributed by atoms with van der Waals surface area (Å²) in [5.74, 6) is -0.858. The van der Waals surface area contributed by atoms with Crippen LogP contribution in [0.4, 0.5) is 0 Å². The second-order valence-corrected chi connectivity index (χ2v) is 3.51. The third-order valence-electron chi connectivity index (χ3n) is 2.20. The fourth-order valence-corrected chi connectivity index (χ4v) is 1.50. The fourth-order valence-electron chi connectivity index (χ4n) is 1.50. The third kappa shape index (κ3) is 1.81. The van der Waals surface area contributed by atoms with Crippen LogP contribution in [-0.4, -0.2) is 25.7 Å². The van der Waals surface area contributed by atoms with Gasteiger partial charge in [0.05, 0.1) is 12.1 Å². The molecule has 0 aliphatic carbocycles. The van der Waals surface area contributed by atoms with Gasteiger partial charge in [0.2, 0.25) is 0 Å². The lowest BCUT2D eigenvalue weighted by Crippen LogP contribution is -2.05. The molecule has 0 aromatic carbocycles. The number of nitrogens with zero attached hydrogens (tertiary/aromatic N) is 3. The van der Waals surface area contributed by atoms with Crippen LogP contribution in [0.5, 0.6) is 0 Å². The minimum atomic E-state index is -0.858. The Morgan fingerprint density at radius 1 is 1.53 bits per heavy atom. The minimum Gasteiger partial charge on any atom is -0.481 e. The number of aliphatic carboxylic acids is 1. The topological polar surface area (TPSA) is 67.5 Å². The van der Waals surface area contributed by atoms with E-state index in [0.29, 0.717) is 5.56 Å². The maximum Gasteiger partial charge on any atom is 0.307 e. The Morgan fingerprint density at radius 3 is 2.93 bits per heavy atom. The lowest BCUT2D eigenvalue weighted by atomic mass is 10.2. The molecule has 0 aliphatic rings. The number of carboxylic acid groups (broad SMARTS) is 1. The standard InChI is InChI=1S/C10H11N3O2/c1-6-3-9-11-7(2)8(4-10(14)15)5-13(9)12-6/h3,5H,4H2,1-2H3,(H,14,15). The van der Waals surface area contributed by atoms with Gasteiger partial charge in [-0.1, -0.05) is 0 Å². The van der Waals surface area contributed by atoms with E-state index < -0.39 is 5.97 Å². The van der Waals surface area contributed by atoms with Gasteiger partial charge in [0.25, 0.3) is 0 Å². The third-order valence-corrected chi connectivity index (χ3v) is 2.20. The van der Waals surface area contributed by atoms with Crippen molar-refractivity contribution in [1.29, 1.82) is 0 Å². The van der Waals surface area contributed by atoms with Crippen LogP contribution in [-0.2, 0) is 11.2 Å². The highest BCUT2D eigenvalue weighted by Crippen LogP contribution is 2.10. The molecule has 1 N–H and O–H groups in total. The van der Waals surface area contributed by atoms with Crippen LogP contribution in [0.25, 0.3) is 5.65 Å². The fraction of sp³-hybridized carbons (Fsp3) is 0.300. The number of aryl methyl sites for hydroxylation is 2. The Hall–Kier alpha value is -1.91. The van der Waals surface area contributed by atoms with E-state index in [0.717, 1.165) is 17.0 Å². The van der Waals surface area contributed by atoms with Crippen LogP contribution in [0, 0.1) is 13.8 Å². The molecule has 5 heteroatoms. The average molecular weight is 205 g/mol. The van der Waals surface area contributed by atoms with Crippen LogP contribution in [0.15, 0.2) is 12.3 Å². The normalized spacial score (nSPS) is 10.8. The van der Waals surface area contributed by atoms with Crippen molar-refractivity contribution < 1.29 is 9.90 Å². The van der Waals surface area contributed by atoms with E-state index in [4.69, 9.17) is 5.11 Å². The second-order valence-electron chi connectivity index (χ2n) is 3.51. The Balaban J connectivity index is 2.55. The molecule has 0 saturated heterocycles. The van der Waals surface area contributed by atoms with E-state index in [9.17, 15) is 4.79 Å². The number of rotatable bonds is 2. The maximum atomic E-state index is 10.6. The first kappa shape index (κ1) is 9.64. The summed E-state index contributed by atoms with van der Waals surface area (Å²) >= 11 is 0. The van der Waals surface area contributed by atoms with Crippen LogP contribution in [0.1, 0.15) is 17.0 Å². The number of carboxylic acids is 1.